The average molecular weight is 438 g/mol. The van der Waals surface area contributed by atoms with Gasteiger partial charge in [0, 0.05) is 38.4 Å². The van der Waals surface area contributed by atoms with Crippen LogP contribution in [0.2, 0.25) is 0 Å². The van der Waals surface area contributed by atoms with Crippen LogP contribution in [-0.2, 0) is 11.0 Å². The van der Waals surface area contributed by atoms with E-state index in [9.17, 15) is 18.0 Å². The smallest absolute Gasteiger partial charge is 0.417 e. The van der Waals surface area contributed by atoms with Gasteiger partial charge in [0.05, 0.1) is 31.5 Å². The lowest BCUT2D eigenvalue weighted by atomic mass is 10.2. The van der Waals surface area contributed by atoms with E-state index >= 15 is 0 Å². The van der Waals surface area contributed by atoms with Gasteiger partial charge < -0.3 is 19.7 Å². The molecule has 1 saturated heterocycles. The van der Waals surface area contributed by atoms with Crippen molar-refractivity contribution >= 4 is 17.4 Å². The van der Waals surface area contributed by atoms with Gasteiger partial charge in [-0.25, -0.2) is 4.98 Å². The molecule has 0 unspecified atom stereocenters. The third-order valence-electron chi connectivity index (χ3n) is 5.31. The van der Waals surface area contributed by atoms with Crippen LogP contribution in [0.4, 0.5) is 24.7 Å². The number of nitrogens with zero attached hydrogens (tertiary/aromatic N) is 3. The zero-order chi connectivity index (χ0) is 22.6. The fourth-order valence-electron chi connectivity index (χ4n) is 3.39. The van der Waals surface area contributed by atoms with Crippen molar-refractivity contribution in [1.29, 1.82) is 0 Å². The van der Waals surface area contributed by atoms with Crippen molar-refractivity contribution in [1.82, 2.24) is 9.88 Å². The number of anilines is 2. The molecule has 1 aliphatic rings. The van der Waals surface area contributed by atoms with E-state index in [0.717, 1.165) is 12.3 Å². The number of carbonyl (C=O) groups excluding carboxylic acids is 1. The first-order chi connectivity index (χ1) is 14.7. The third kappa shape index (κ3) is 5.38. The second-order valence-electron chi connectivity index (χ2n) is 7.16. The van der Waals surface area contributed by atoms with E-state index in [1.165, 1.54) is 13.2 Å². The number of rotatable bonds is 6. The van der Waals surface area contributed by atoms with E-state index in [2.05, 4.69) is 10.3 Å². The molecule has 2 aromatic rings. The molecule has 1 amide bonds. The summed E-state index contributed by atoms with van der Waals surface area (Å²) in [6.45, 7) is 4.07. The molecule has 1 aliphatic heterocycles. The van der Waals surface area contributed by atoms with Gasteiger partial charge in [-0.15, -0.1) is 0 Å². The number of aromatic nitrogens is 1. The zero-order valence-corrected chi connectivity index (χ0v) is 17.6. The molecular formula is C21H25F3N4O3. The summed E-state index contributed by atoms with van der Waals surface area (Å²) in [7, 11) is 3.07. The summed E-state index contributed by atoms with van der Waals surface area (Å²) in [5, 5.41) is 2.88. The lowest BCUT2D eigenvalue weighted by Gasteiger charge is -2.38. The monoisotopic (exact) mass is 438 g/mol. The van der Waals surface area contributed by atoms with Gasteiger partial charge in [0.1, 0.15) is 17.3 Å². The minimum absolute atomic E-state index is 0.187. The van der Waals surface area contributed by atoms with Gasteiger partial charge in [0.15, 0.2) is 0 Å². The van der Waals surface area contributed by atoms with Crippen molar-refractivity contribution in [2.24, 2.45) is 0 Å². The predicted molar refractivity (Wildman–Crippen MR) is 111 cm³/mol. The van der Waals surface area contributed by atoms with Gasteiger partial charge in [0.2, 0.25) is 5.91 Å². The highest BCUT2D eigenvalue weighted by molar-refractivity contribution is 5.96. The van der Waals surface area contributed by atoms with E-state index in [1.807, 2.05) is 16.7 Å². The summed E-state index contributed by atoms with van der Waals surface area (Å²) in [6, 6.07) is 7.16. The van der Waals surface area contributed by atoms with Crippen molar-refractivity contribution in [2.75, 3.05) is 50.6 Å². The molecule has 1 atom stereocenters. The van der Waals surface area contributed by atoms with Crippen LogP contribution in [0.3, 0.4) is 0 Å². The number of ether oxygens (including phenoxy) is 2. The van der Waals surface area contributed by atoms with Crippen molar-refractivity contribution in [3.8, 4) is 11.5 Å². The molecule has 0 radical (unpaired) electrons. The predicted octanol–water partition coefficient (Wildman–Crippen LogP) is 3.27. The summed E-state index contributed by atoms with van der Waals surface area (Å²) in [4.78, 5) is 20.7. The average Bonchev–Trinajstić information content (AvgIpc) is 2.78. The van der Waals surface area contributed by atoms with E-state index < -0.39 is 17.8 Å². The molecule has 3 rings (SSSR count). The van der Waals surface area contributed by atoms with Crippen LogP contribution >= 0.6 is 0 Å². The molecule has 1 aromatic heterocycles. The topological polar surface area (TPSA) is 66.9 Å². The SMILES string of the molecule is COc1ccc(OC)c(NC(=O)[C@H](C)N2CCN(c3ccc(C(F)(F)F)cn3)CC2)c1. The number of nitrogens with one attached hydrogen (secondary N) is 1. The van der Waals surface area contributed by atoms with Gasteiger partial charge in [-0.1, -0.05) is 0 Å². The maximum Gasteiger partial charge on any atom is 0.417 e. The Kier molecular flexibility index (Phi) is 6.89. The van der Waals surface area contributed by atoms with E-state index in [1.54, 1.807) is 25.3 Å². The number of alkyl halides is 3. The Labute approximate surface area is 178 Å². The quantitative estimate of drug-likeness (QED) is 0.747. The fraction of sp³-hybridized carbons (Fsp3) is 0.429. The largest absolute Gasteiger partial charge is 0.497 e. The lowest BCUT2D eigenvalue weighted by Crippen LogP contribution is -2.53. The van der Waals surface area contributed by atoms with Gasteiger partial charge in [-0.2, -0.15) is 13.2 Å². The van der Waals surface area contributed by atoms with Crippen molar-refractivity contribution in [3.63, 3.8) is 0 Å². The van der Waals surface area contributed by atoms with Gasteiger partial charge >= 0.3 is 6.18 Å². The lowest BCUT2D eigenvalue weighted by molar-refractivity contribution is -0.137. The van der Waals surface area contributed by atoms with Crippen molar-refractivity contribution < 1.29 is 27.4 Å². The Bertz CT molecular complexity index is 898. The van der Waals surface area contributed by atoms with E-state index in [-0.39, 0.29) is 5.91 Å². The molecular weight excluding hydrogens is 413 g/mol. The standard InChI is InChI=1S/C21H25F3N4O3/c1-14(20(29)26-17-12-16(30-2)5-6-18(17)31-3)27-8-10-28(11-9-27)19-7-4-15(13-25-19)21(22,23)24/h4-7,12-14H,8-11H2,1-3H3,(H,26,29)/t14-/m0/s1. The number of hydrogen-bond acceptors (Lipinski definition) is 6. The second-order valence-corrected chi connectivity index (χ2v) is 7.16. The molecule has 31 heavy (non-hydrogen) atoms. The van der Waals surface area contributed by atoms with Crippen LogP contribution in [-0.4, -0.2) is 62.2 Å². The molecule has 0 bridgehead atoms. The fourth-order valence-corrected chi connectivity index (χ4v) is 3.39. The normalized spacial score (nSPS) is 16.0. The Morgan fingerprint density at radius 1 is 1.10 bits per heavy atom. The number of halogens is 3. The number of hydrogen-bond donors (Lipinski definition) is 1. The Hall–Kier alpha value is -3.01. The minimum Gasteiger partial charge on any atom is -0.497 e. The van der Waals surface area contributed by atoms with Crippen LogP contribution in [0.1, 0.15) is 12.5 Å². The molecule has 0 aliphatic carbocycles. The van der Waals surface area contributed by atoms with E-state index in [0.29, 0.717) is 49.2 Å². The number of amides is 1. The van der Waals surface area contributed by atoms with Crippen molar-refractivity contribution in [2.45, 2.75) is 19.1 Å². The molecule has 0 saturated carbocycles. The molecule has 7 nitrogen and oxygen atoms in total. The van der Waals surface area contributed by atoms with Gasteiger partial charge in [-0.3, -0.25) is 9.69 Å². The molecule has 0 spiro atoms. The second kappa shape index (κ2) is 9.42. The highest BCUT2D eigenvalue weighted by atomic mass is 19.4. The van der Waals surface area contributed by atoms with Gasteiger partial charge in [-0.05, 0) is 31.2 Å². The molecule has 1 fully saturated rings. The molecule has 168 valence electrons. The number of pyridine rings is 1. The van der Waals surface area contributed by atoms with Gasteiger partial charge in [0.25, 0.3) is 0 Å². The Morgan fingerprint density at radius 3 is 2.35 bits per heavy atom. The molecule has 1 N–H and O–H groups in total. The molecule has 2 heterocycles. The van der Waals surface area contributed by atoms with Crippen LogP contribution in [0.15, 0.2) is 36.5 Å². The maximum absolute atomic E-state index is 12.8. The first kappa shape index (κ1) is 22.7. The number of carbonyl (C=O) groups is 1. The summed E-state index contributed by atoms with van der Waals surface area (Å²) in [6.07, 6.45) is -3.56. The van der Waals surface area contributed by atoms with Crippen LogP contribution in [0, 0.1) is 0 Å². The highest BCUT2D eigenvalue weighted by Gasteiger charge is 2.31. The summed E-state index contributed by atoms with van der Waals surface area (Å²) >= 11 is 0. The third-order valence-corrected chi connectivity index (χ3v) is 5.31. The zero-order valence-electron chi connectivity index (χ0n) is 17.6. The first-order valence-corrected chi connectivity index (χ1v) is 9.78. The number of benzene rings is 1. The minimum atomic E-state index is -4.40. The van der Waals surface area contributed by atoms with Crippen LogP contribution < -0.4 is 19.7 Å². The highest BCUT2D eigenvalue weighted by Crippen LogP contribution is 2.30. The summed E-state index contributed by atoms with van der Waals surface area (Å²) < 4.78 is 48.6. The van der Waals surface area contributed by atoms with E-state index in [4.69, 9.17) is 9.47 Å². The van der Waals surface area contributed by atoms with Crippen LogP contribution in [0.25, 0.3) is 0 Å². The molecule has 1 aromatic carbocycles. The summed E-state index contributed by atoms with van der Waals surface area (Å²) in [5.74, 6) is 1.43. The first-order valence-electron chi connectivity index (χ1n) is 9.78. The maximum atomic E-state index is 12.8. The Morgan fingerprint density at radius 2 is 1.81 bits per heavy atom. The Balaban J connectivity index is 1.59. The van der Waals surface area contributed by atoms with Crippen molar-refractivity contribution in [3.05, 3.63) is 42.1 Å². The number of methoxy groups -OCH3 is 2. The molecule has 10 heteroatoms. The summed E-state index contributed by atoms with van der Waals surface area (Å²) in [5.41, 5.74) is -0.251. The number of piperazine rings is 1. The van der Waals surface area contributed by atoms with Crippen LogP contribution in [0.5, 0.6) is 11.5 Å².